The van der Waals surface area contributed by atoms with Crippen molar-refractivity contribution in [3.63, 3.8) is 0 Å². The first kappa shape index (κ1) is 20.2. The van der Waals surface area contributed by atoms with Crippen LogP contribution in [0.4, 0.5) is 0 Å². The van der Waals surface area contributed by atoms with E-state index in [2.05, 4.69) is 33.4 Å². The molecule has 6 heteroatoms. The monoisotopic (exact) mass is 399 g/mol. The maximum Gasteiger partial charge on any atom is 0.130 e. The number of halogens is 1. The highest BCUT2D eigenvalue weighted by molar-refractivity contribution is 5.85. The lowest BCUT2D eigenvalue weighted by Crippen LogP contribution is -2.29. The zero-order valence-corrected chi connectivity index (χ0v) is 16.8. The fourth-order valence-electron chi connectivity index (χ4n) is 3.49. The summed E-state index contributed by atoms with van der Waals surface area (Å²) in [4.78, 5) is 0. The average molecular weight is 400 g/mol. The van der Waals surface area contributed by atoms with E-state index in [-0.39, 0.29) is 12.4 Å². The Kier molecular flexibility index (Phi) is 6.95. The Hall–Kier alpha value is -2.50. The van der Waals surface area contributed by atoms with E-state index >= 15 is 0 Å². The molecule has 0 radical (unpaired) electrons. The highest BCUT2D eigenvalue weighted by Gasteiger charge is 2.17. The van der Waals surface area contributed by atoms with Crippen LogP contribution in [0.25, 0.3) is 11.1 Å². The number of aromatic nitrogens is 2. The molecule has 5 nitrogen and oxygen atoms in total. The summed E-state index contributed by atoms with van der Waals surface area (Å²) in [5.41, 5.74) is 3.24. The second-order valence-corrected chi connectivity index (χ2v) is 6.83. The van der Waals surface area contributed by atoms with Gasteiger partial charge in [-0.2, -0.15) is 5.10 Å². The van der Waals surface area contributed by atoms with E-state index in [0.29, 0.717) is 12.6 Å². The number of piperidine rings is 1. The number of ether oxygens (including phenoxy) is 2. The van der Waals surface area contributed by atoms with Gasteiger partial charge in [-0.05, 0) is 43.6 Å². The van der Waals surface area contributed by atoms with Gasteiger partial charge in [0.1, 0.15) is 18.1 Å². The molecule has 0 aliphatic carbocycles. The molecule has 2 aromatic carbocycles. The molecule has 1 fully saturated rings. The van der Waals surface area contributed by atoms with Gasteiger partial charge in [0.15, 0.2) is 0 Å². The molecule has 1 N–H and O–H groups in total. The molecule has 0 bridgehead atoms. The lowest BCUT2D eigenvalue weighted by atomic mass is 10.1. The largest absolute Gasteiger partial charge is 0.496 e. The topological polar surface area (TPSA) is 48.3 Å². The molecule has 1 aliphatic heterocycles. The Bertz CT molecular complexity index is 876. The van der Waals surface area contributed by atoms with Gasteiger partial charge in [0, 0.05) is 23.4 Å². The summed E-state index contributed by atoms with van der Waals surface area (Å²) < 4.78 is 13.6. The maximum atomic E-state index is 5.92. The van der Waals surface area contributed by atoms with E-state index in [9.17, 15) is 0 Å². The number of methoxy groups -OCH3 is 1. The van der Waals surface area contributed by atoms with Crippen molar-refractivity contribution in [3.8, 4) is 22.6 Å². The second-order valence-electron chi connectivity index (χ2n) is 6.83. The van der Waals surface area contributed by atoms with E-state index in [1.165, 1.54) is 0 Å². The third kappa shape index (κ3) is 4.66. The Morgan fingerprint density at radius 2 is 1.89 bits per heavy atom. The van der Waals surface area contributed by atoms with Gasteiger partial charge >= 0.3 is 0 Å². The number of nitrogens with zero attached hydrogens (tertiary/aromatic N) is 2. The van der Waals surface area contributed by atoms with Gasteiger partial charge in [0.05, 0.1) is 19.3 Å². The van der Waals surface area contributed by atoms with E-state index in [0.717, 1.165) is 54.1 Å². The van der Waals surface area contributed by atoms with Gasteiger partial charge < -0.3 is 14.8 Å². The highest BCUT2D eigenvalue weighted by Crippen LogP contribution is 2.34. The fraction of sp³-hybridized carbons (Fsp3) is 0.318. The van der Waals surface area contributed by atoms with E-state index in [4.69, 9.17) is 9.47 Å². The molecule has 0 amide bonds. The Balaban J connectivity index is 0.00000225. The number of benzene rings is 2. The number of hydrogen-bond donors (Lipinski definition) is 1. The zero-order valence-electron chi connectivity index (χ0n) is 16.0. The Morgan fingerprint density at radius 1 is 1.11 bits per heavy atom. The summed E-state index contributed by atoms with van der Waals surface area (Å²) in [6.07, 6.45) is 6.28. The minimum Gasteiger partial charge on any atom is -0.496 e. The molecule has 0 unspecified atom stereocenters. The second kappa shape index (κ2) is 9.62. The molecule has 0 atom stereocenters. The molecule has 148 valence electrons. The molecule has 1 saturated heterocycles. The number of rotatable bonds is 6. The van der Waals surface area contributed by atoms with Crippen molar-refractivity contribution in [3.05, 3.63) is 66.5 Å². The van der Waals surface area contributed by atoms with Crippen LogP contribution in [-0.2, 0) is 6.61 Å². The van der Waals surface area contributed by atoms with Gasteiger partial charge in [-0.25, -0.2) is 0 Å². The summed E-state index contributed by atoms with van der Waals surface area (Å²) in [5.74, 6) is 1.59. The van der Waals surface area contributed by atoms with E-state index in [1.54, 1.807) is 7.11 Å². The summed E-state index contributed by atoms with van der Waals surface area (Å²) in [5, 5.41) is 7.99. The first-order valence-electron chi connectivity index (χ1n) is 9.43. The fourth-order valence-corrected chi connectivity index (χ4v) is 3.49. The molecule has 0 spiro atoms. The van der Waals surface area contributed by atoms with Gasteiger partial charge in [0.2, 0.25) is 0 Å². The average Bonchev–Trinajstić information content (AvgIpc) is 3.23. The first-order chi connectivity index (χ1) is 13.3. The predicted molar refractivity (Wildman–Crippen MR) is 113 cm³/mol. The van der Waals surface area contributed by atoms with Crippen LogP contribution in [0.3, 0.4) is 0 Å². The smallest absolute Gasteiger partial charge is 0.130 e. The molecule has 1 aliphatic rings. The molecule has 4 rings (SSSR count). The lowest BCUT2D eigenvalue weighted by Gasteiger charge is -2.22. The minimum atomic E-state index is 0. The zero-order chi connectivity index (χ0) is 18.5. The van der Waals surface area contributed by atoms with Gasteiger partial charge in [-0.1, -0.05) is 30.3 Å². The van der Waals surface area contributed by atoms with Crippen molar-refractivity contribution in [1.29, 1.82) is 0 Å². The van der Waals surface area contributed by atoms with Crippen LogP contribution in [0.15, 0.2) is 60.9 Å². The van der Waals surface area contributed by atoms with Crippen LogP contribution in [0.5, 0.6) is 11.5 Å². The summed E-state index contributed by atoms with van der Waals surface area (Å²) in [7, 11) is 1.69. The van der Waals surface area contributed by atoms with Crippen molar-refractivity contribution in [2.24, 2.45) is 0 Å². The van der Waals surface area contributed by atoms with Gasteiger partial charge in [-0.3, -0.25) is 4.68 Å². The molecule has 1 aromatic heterocycles. The van der Waals surface area contributed by atoms with Crippen molar-refractivity contribution >= 4 is 12.4 Å². The van der Waals surface area contributed by atoms with Crippen LogP contribution < -0.4 is 14.8 Å². The third-order valence-corrected chi connectivity index (χ3v) is 5.02. The van der Waals surface area contributed by atoms with E-state index < -0.39 is 0 Å². The first-order valence-corrected chi connectivity index (χ1v) is 9.43. The summed E-state index contributed by atoms with van der Waals surface area (Å²) >= 11 is 0. The molecule has 3 aromatic rings. The maximum absolute atomic E-state index is 5.92. The predicted octanol–water partition coefficient (Wildman–Crippen LogP) is 4.48. The van der Waals surface area contributed by atoms with Gasteiger partial charge in [-0.15, -0.1) is 12.4 Å². The van der Waals surface area contributed by atoms with Crippen molar-refractivity contribution in [2.75, 3.05) is 20.2 Å². The highest BCUT2D eigenvalue weighted by atomic mass is 35.5. The summed E-state index contributed by atoms with van der Waals surface area (Å²) in [6, 6.07) is 16.6. The van der Waals surface area contributed by atoms with E-state index in [1.807, 2.05) is 42.6 Å². The Labute approximate surface area is 172 Å². The molecule has 0 saturated carbocycles. The lowest BCUT2D eigenvalue weighted by molar-refractivity contribution is 0.304. The number of nitrogens with one attached hydrogen (secondary N) is 1. The van der Waals surface area contributed by atoms with Crippen LogP contribution in [0.2, 0.25) is 0 Å². The minimum absolute atomic E-state index is 0. The Morgan fingerprint density at radius 3 is 2.64 bits per heavy atom. The molecule has 28 heavy (non-hydrogen) atoms. The number of hydrogen-bond acceptors (Lipinski definition) is 4. The molecule has 2 heterocycles. The van der Waals surface area contributed by atoms with Crippen molar-refractivity contribution in [2.45, 2.75) is 25.5 Å². The van der Waals surface area contributed by atoms with Gasteiger partial charge in [0.25, 0.3) is 0 Å². The van der Waals surface area contributed by atoms with Crippen LogP contribution in [0.1, 0.15) is 24.4 Å². The van der Waals surface area contributed by atoms with Crippen molar-refractivity contribution in [1.82, 2.24) is 15.1 Å². The third-order valence-electron chi connectivity index (χ3n) is 5.02. The standard InChI is InChI=1S/C22H25N3O2.ClH/c1-26-22-13-20(27-16-17-5-3-2-4-6-17)7-8-21(22)18-14-24-25(15-18)19-9-11-23-12-10-19;/h2-8,13-15,19,23H,9-12,16H2,1H3;1H. The van der Waals surface area contributed by atoms with Crippen molar-refractivity contribution < 1.29 is 9.47 Å². The van der Waals surface area contributed by atoms with Crippen LogP contribution >= 0.6 is 12.4 Å². The van der Waals surface area contributed by atoms with Crippen LogP contribution in [-0.4, -0.2) is 30.0 Å². The normalized spacial score (nSPS) is 14.3. The van der Waals surface area contributed by atoms with Crippen LogP contribution in [0, 0.1) is 0 Å². The molecular weight excluding hydrogens is 374 g/mol. The summed E-state index contributed by atoms with van der Waals surface area (Å²) in [6.45, 7) is 2.64. The molecular formula is C22H26ClN3O2. The quantitative estimate of drug-likeness (QED) is 0.663. The SMILES string of the molecule is COc1cc(OCc2ccccc2)ccc1-c1cnn(C2CCNCC2)c1.Cl.